The highest BCUT2D eigenvalue weighted by Gasteiger charge is 2.29. The second-order valence-corrected chi connectivity index (χ2v) is 6.92. The molecule has 2 unspecified atom stereocenters. The van der Waals surface area contributed by atoms with Gasteiger partial charge in [-0.1, -0.05) is 44.7 Å². The third-order valence-electron chi connectivity index (χ3n) is 4.68. The van der Waals surface area contributed by atoms with Gasteiger partial charge in [0.15, 0.2) is 11.6 Å². The molecule has 4 nitrogen and oxygen atoms in total. The van der Waals surface area contributed by atoms with Crippen LogP contribution in [0.5, 0.6) is 0 Å². The van der Waals surface area contributed by atoms with E-state index in [-0.39, 0.29) is 11.7 Å². The number of nitrogens with two attached hydrogens (primary N) is 2. The number of nitrogen functional groups attached to an aromatic ring is 2. The van der Waals surface area contributed by atoms with E-state index < -0.39 is 40.7 Å². The van der Waals surface area contributed by atoms with Gasteiger partial charge in [-0.3, -0.25) is 0 Å². The highest BCUT2D eigenvalue weighted by Crippen LogP contribution is 2.34. The van der Waals surface area contributed by atoms with Gasteiger partial charge in [0.1, 0.15) is 29.1 Å². The van der Waals surface area contributed by atoms with Crippen LogP contribution in [0.25, 0.3) is 0 Å². The quantitative estimate of drug-likeness (QED) is 0.253. The monoisotopic (exact) mass is 414 g/mol. The molecule has 0 aromatic heterocycles. The van der Waals surface area contributed by atoms with Crippen molar-refractivity contribution >= 4 is 11.4 Å². The van der Waals surface area contributed by atoms with E-state index in [1.54, 1.807) is 0 Å². The number of rotatable bonds is 7. The van der Waals surface area contributed by atoms with Gasteiger partial charge < -0.3 is 21.3 Å². The molecule has 2 aromatic rings. The summed E-state index contributed by atoms with van der Waals surface area (Å²) in [6.45, 7) is 2.58. The van der Waals surface area contributed by atoms with Crippen LogP contribution in [0.4, 0.5) is 28.9 Å². The molecule has 1 aliphatic rings. The lowest BCUT2D eigenvalue weighted by atomic mass is 10.0. The maximum absolute atomic E-state index is 13.6. The summed E-state index contributed by atoms with van der Waals surface area (Å²) in [5, 5.41) is 9.80. The number of aliphatic hydroxyl groups excluding tert-OH is 1. The normalized spacial score (nSPS) is 16.1. The topological polar surface area (TPSA) is 84.8 Å². The van der Waals surface area contributed by atoms with Crippen molar-refractivity contribution in [2.45, 2.75) is 51.2 Å². The second kappa shape index (κ2) is 10.5. The molecule has 5 N–H and O–H groups in total. The van der Waals surface area contributed by atoms with Crippen molar-refractivity contribution < 1.29 is 27.4 Å². The molecule has 0 aliphatic carbocycles. The number of unbranched alkanes of at least 4 members (excludes halogenated alkanes) is 3. The standard InChI is InChI=1S/C13H19F2NO.C8H7F2NO/c1-2-3-4-5-6-11(17)9-7-8-10(14)13(16)12(9)15;9-5-2-1-4(6-3-12-6)7(10)8(5)11/h7-8,11,17H,2-6,16H2,1H3;1-2,6H,3,11H2. The number of hydrogen-bond donors (Lipinski definition) is 3. The Kier molecular flexibility index (Phi) is 8.28. The van der Waals surface area contributed by atoms with Crippen LogP contribution < -0.4 is 11.5 Å². The summed E-state index contributed by atoms with van der Waals surface area (Å²) in [6.07, 6.45) is 3.37. The number of hydrogen-bond acceptors (Lipinski definition) is 4. The molecular formula is C21H26F4N2O2. The van der Waals surface area contributed by atoms with E-state index >= 15 is 0 Å². The molecule has 160 valence electrons. The maximum Gasteiger partial charge on any atom is 0.154 e. The minimum Gasteiger partial charge on any atom is -0.394 e. The van der Waals surface area contributed by atoms with E-state index in [1.165, 1.54) is 12.1 Å². The van der Waals surface area contributed by atoms with Crippen molar-refractivity contribution in [2.75, 3.05) is 18.1 Å². The first kappa shape index (κ1) is 23.0. The van der Waals surface area contributed by atoms with Gasteiger partial charge in [0.05, 0.1) is 12.7 Å². The fourth-order valence-corrected chi connectivity index (χ4v) is 2.83. The van der Waals surface area contributed by atoms with Crippen LogP contribution in [-0.4, -0.2) is 11.7 Å². The predicted molar refractivity (Wildman–Crippen MR) is 104 cm³/mol. The van der Waals surface area contributed by atoms with Crippen LogP contribution in [0.15, 0.2) is 24.3 Å². The van der Waals surface area contributed by atoms with Crippen LogP contribution in [-0.2, 0) is 4.74 Å². The van der Waals surface area contributed by atoms with E-state index in [2.05, 4.69) is 6.92 Å². The Morgan fingerprint density at radius 1 is 0.966 bits per heavy atom. The van der Waals surface area contributed by atoms with Crippen LogP contribution in [0.1, 0.15) is 62.4 Å². The molecule has 1 fully saturated rings. The van der Waals surface area contributed by atoms with Gasteiger partial charge in [0, 0.05) is 11.1 Å². The Bertz CT molecular complexity index is 829. The van der Waals surface area contributed by atoms with Gasteiger partial charge in [-0.15, -0.1) is 0 Å². The Morgan fingerprint density at radius 2 is 1.55 bits per heavy atom. The molecule has 0 radical (unpaired) electrons. The van der Waals surface area contributed by atoms with Crippen LogP contribution in [0.3, 0.4) is 0 Å². The zero-order chi connectivity index (χ0) is 21.6. The molecule has 0 spiro atoms. The number of aliphatic hydroxyl groups is 1. The highest BCUT2D eigenvalue weighted by atomic mass is 19.1. The Labute approximate surface area is 167 Å². The molecule has 3 rings (SSSR count). The van der Waals surface area contributed by atoms with Crippen molar-refractivity contribution in [3.8, 4) is 0 Å². The fourth-order valence-electron chi connectivity index (χ4n) is 2.83. The Hall–Kier alpha value is -2.32. The number of ether oxygens (including phenoxy) is 1. The average Bonchev–Trinajstić information content (AvgIpc) is 3.53. The fraction of sp³-hybridized carbons (Fsp3) is 0.429. The molecule has 2 aromatic carbocycles. The van der Waals surface area contributed by atoms with Crippen molar-refractivity contribution in [2.24, 2.45) is 0 Å². The van der Waals surface area contributed by atoms with Gasteiger partial charge in [-0.25, -0.2) is 17.6 Å². The first-order valence-electron chi connectivity index (χ1n) is 9.54. The summed E-state index contributed by atoms with van der Waals surface area (Å²) in [4.78, 5) is 0. The minimum atomic E-state index is -0.908. The lowest BCUT2D eigenvalue weighted by Crippen LogP contribution is -2.05. The maximum atomic E-state index is 13.6. The van der Waals surface area contributed by atoms with Crippen molar-refractivity contribution in [1.29, 1.82) is 0 Å². The minimum absolute atomic E-state index is 0.0837. The average molecular weight is 414 g/mol. The number of benzene rings is 2. The third kappa shape index (κ3) is 6.08. The summed E-state index contributed by atoms with van der Waals surface area (Å²) in [5.74, 6) is -3.05. The van der Waals surface area contributed by atoms with Gasteiger partial charge in [-0.05, 0) is 18.6 Å². The van der Waals surface area contributed by atoms with E-state index in [0.717, 1.165) is 37.8 Å². The molecule has 8 heteroatoms. The molecule has 29 heavy (non-hydrogen) atoms. The van der Waals surface area contributed by atoms with Gasteiger partial charge >= 0.3 is 0 Å². The summed E-state index contributed by atoms with van der Waals surface area (Å²) in [6, 6.07) is 4.85. The SMILES string of the molecule is CCCCCCC(O)c1ccc(F)c(N)c1F.Nc1c(F)ccc(C2CO2)c1F. The molecule has 0 saturated carbocycles. The Morgan fingerprint density at radius 3 is 2.14 bits per heavy atom. The van der Waals surface area contributed by atoms with E-state index in [1.807, 2.05) is 0 Å². The van der Waals surface area contributed by atoms with E-state index in [9.17, 15) is 22.7 Å². The molecule has 1 saturated heterocycles. The Balaban J connectivity index is 0.000000218. The molecule has 2 atom stereocenters. The highest BCUT2D eigenvalue weighted by molar-refractivity contribution is 5.46. The van der Waals surface area contributed by atoms with E-state index in [0.29, 0.717) is 18.6 Å². The number of anilines is 2. The molecule has 1 aliphatic heterocycles. The second-order valence-electron chi connectivity index (χ2n) is 6.92. The van der Waals surface area contributed by atoms with Gasteiger partial charge in [-0.2, -0.15) is 0 Å². The zero-order valence-corrected chi connectivity index (χ0v) is 16.2. The predicted octanol–water partition coefficient (Wildman–Crippen LogP) is 5.17. The van der Waals surface area contributed by atoms with E-state index in [4.69, 9.17) is 16.2 Å². The van der Waals surface area contributed by atoms with Gasteiger partial charge in [0.2, 0.25) is 0 Å². The lowest BCUT2D eigenvalue weighted by molar-refractivity contribution is 0.159. The molecule has 0 amide bonds. The lowest BCUT2D eigenvalue weighted by Gasteiger charge is -2.13. The summed E-state index contributed by atoms with van der Waals surface area (Å²) < 4.78 is 57.1. The first-order chi connectivity index (χ1) is 13.8. The van der Waals surface area contributed by atoms with Crippen LogP contribution in [0.2, 0.25) is 0 Å². The van der Waals surface area contributed by atoms with Crippen molar-refractivity contribution in [3.05, 3.63) is 58.7 Å². The van der Waals surface area contributed by atoms with Gasteiger partial charge in [0.25, 0.3) is 0 Å². The molecule has 0 bridgehead atoms. The molecule has 1 heterocycles. The third-order valence-corrected chi connectivity index (χ3v) is 4.68. The summed E-state index contributed by atoms with van der Waals surface area (Å²) >= 11 is 0. The number of halogens is 4. The van der Waals surface area contributed by atoms with Crippen LogP contribution in [0, 0.1) is 23.3 Å². The summed E-state index contributed by atoms with van der Waals surface area (Å²) in [7, 11) is 0. The van der Waals surface area contributed by atoms with Crippen molar-refractivity contribution in [3.63, 3.8) is 0 Å². The first-order valence-corrected chi connectivity index (χ1v) is 9.54. The largest absolute Gasteiger partial charge is 0.394 e. The molecular weight excluding hydrogens is 388 g/mol. The zero-order valence-electron chi connectivity index (χ0n) is 16.2. The summed E-state index contributed by atoms with van der Waals surface area (Å²) in [5.41, 5.74) is 9.86. The number of epoxide rings is 1. The smallest absolute Gasteiger partial charge is 0.154 e. The van der Waals surface area contributed by atoms with Crippen molar-refractivity contribution in [1.82, 2.24) is 0 Å². The van der Waals surface area contributed by atoms with Crippen LogP contribution >= 0.6 is 0 Å².